The lowest BCUT2D eigenvalue weighted by Crippen LogP contribution is -2.40. The van der Waals surface area contributed by atoms with Crippen molar-refractivity contribution >= 4 is 17.8 Å². The molecule has 1 aromatic carbocycles. The molecule has 2 fully saturated rings. The molecule has 4 rings (SSSR count). The predicted octanol–water partition coefficient (Wildman–Crippen LogP) is 1.09. The van der Waals surface area contributed by atoms with E-state index >= 15 is 0 Å². The fourth-order valence-corrected chi connectivity index (χ4v) is 3.64. The van der Waals surface area contributed by atoms with Crippen molar-refractivity contribution in [3.05, 3.63) is 29.8 Å². The van der Waals surface area contributed by atoms with Crippen LogP contribution in [0.25, 0.3) is 11.4 Å². The van der Waals surface area contributed by atoms with Crippen LogP contribution in [0.15, 0.2) is 24.3 Å². The molecule has 2 aliphatic rings. The van der Waals surface area contributed by atoms with Crippen LogP contribution < -0.4 is 15.5 Å². The van der Waals surface area contributed by atoms with E-state index in [0.29, 0.717) is 24.4 Å². The molecular formula is C19H24N6O2. The molecule has 2 aliphatic heterocycles. The molecule has 0 aliphatic carbocycles. The standard InChI is InChI=1S/C19H24N6O2/c1-24-19(25-10-3-2-4-11-25)22-16(23-24)13-6-5-7-14(12-13)17(26)21-15-8-9-20-18(15)27/h5-7,12,15H,2-4,8-11H2,1H3,(H,20,27)(H,21,26)/t15-/m1/s1. The fraction of sp³-hybridized carbons (Fsp3) is 0.474. The van der Waals surface area contributed by atoms with Gasteiger partial charge in [0.2, 0.25) is 11.9 Å². The Balaban J connectivity index is 1.53. The van der Waals surface area contributed by atoms with E-state index in [1.165, 1.54) is 19.3 Å². The number of amides is 2. The van der Waals surface area contributed by atoms with Crippen LogP contribution in [0, 0.1) is 0 Å². The minimum atomic E-state index is -0.458. The third-order valence-electron chi connectivity index (χ3n) is 5.12. The van der Waals surface area contributed by atoms with Gasteiger partial charge >= 0.3 is 0 Å². The third kappa shape index (κ3) is 3.65. The molecule has 1 atom stereocenters. The van der Waals surface area contributed by atoms with E-state index in [2.05, 4.69) is 20.6 Å². The number of aryl methyl sites for hydroxylation is 1. The summed E-state index contributed by atoms with van der Waals surface area (Å²) >= 11 is 0. The second-order valence-corrected chi connectivity index (χ2v) is 7.09. The molecule has 2 saturated heterocycles. The number of nitrogens with one attached hydrogen (secondary N) is 2. The number of nitrogens with zero attached hydrogens (tertiary/aromatic N) is 4. The van der Waals surface area contributed by atoms with Crippen LogP contribution in [0.4, 0.5) is 5.95 Å². The maximum absolute atomic E-state index is 12.5. The topological polar surface area (TPSA) is 92.2 Å². The number of carbonyl (C=O) groups is 2. The summed E-state index contributed by atoms with van der Waals surface area (Å²) in [6.45, 7) is 2.59. The molecule has 1 aromatic heterocycles. The maximum atomic E-state index is 12.5. The molecule has 27 heavy (non-hydrogen) atoms. The molecule has 8 heteroatoms. The molecule has 8 nitrogen and oxygen atoms in total. The van der Waals surface area contributed by atoms with E-state index < -0.39 is 6.04 Å². The summed E-state index contributed by atoms with van der Waals surface area (Å²) in [5.74, 6) is 1.08. The highest BCUT2D eigenvalue weighted by Gasteiger charge is 2.26. The number of piperidine rings is 1. The Kier molecular flexibility index (Phi) is 4.79. The molecule has 0 radical (unpaired) electrons. The summed E-state index contributed by atoms with van der Waals surface area (Å²) < 4.78 is 1.80. The van der Waals surface area contributed by atoms with Gasteiger partial charge in [0, 0.05) is 37.8 Å². The van der Waals surface area contributed by atoms with E-state index in [9.17, 15) is 9.59 Å². The van der Waals surface area contributed by atoms with Gasteiger partial charge in [0.25, 0.3) is 5.91 Å². The van der Waals surface area contributed by atoms with Gasteiger partial charge in [-0.3, -0.25) is 9.59 Å². The Labute approximate surface area is 158 Å². The summed E-state index contributed by atoms with van der Waals surface area (Å²) in [4.78, 5) is 31.1. The number of benzene rings is 1. The van der Waals surface area contributed by atoms with Gasteiger partial charge in [-0.25, -0.2) is 4.68 Å². The first kappa shape index (κ1) is 17.5. The van der Waals surface area contributed by atoms with Crippen molar-refractivity contribution in [2.45, 2.75) is 31.7 Å². The highest BCUT2D eigenvalue weighted by Crippen LogP contribution is 2.23. The minimum absolute atomic E-state index is 0.128. The van der Waals surface area contributed by atoms with Crippen molar-refractivity contribution in [1.82, 2.24) is 25.4 Å². The number of anilines is 1. The van der Waals surface area contributed by atoms with Crippen LogP contribution in [0.5, 0.6) is 0 Å². The molecule has 142 valence electrons. The Morgan fingerprint density at radius 2 is 2.07 bits per heavy atom. The smallest absolute Gasteiger partial charge is 0.251 e. The number of aromatic nitrogens is 3. The Morgan fingerprint density at radius 1 is 1.26 bits per heavy atom. The highest BCUT2D eigenvalue weighted by molar-refractivity contribution is 5.98. The number of hydrogen-bond acceptors (Lipinski definition) is 5. The largest absolute Gasteiger partial charge is 0.354 e. The third-order valence-corrected chi connectivity index (χ3v) is 5.12. The summed E-state index contributed by atoms with van der Waals surface area (Å²) in [5, 5.41) is 10.0. The van der Waals surface area contributed by atoms with Gasteiger partial charge in [-0.15, -0.1) is 5.10 Å². The molecule has 0 spiro atoms. The Bertz CT molecular complexity index is 856. The molecule has 2 amide bonds. The Morgan fingerprint density at radius 3 is 2.81 bits per heavy atom. The average Bonchev–Trinajstić information content (AvgIpc) is 3.28. The van der Waals surface area contributed by atoms with E-state index in [-0.39, 0.29) is 11.8 Å². The van der Waals surface area contributed by atoms with Crippen molar-refractivity contribution in [2.75, 3.05) is 24.5 Å². The molecule has 0 bridgehead atoms. The molecule has 2 aromatic rings. The highest BCUT2D eigenvalue weighted by atomic mass is 16.2. The van der Waals surface area contributed by atoms with Gasteiger partial charge in [-0.1, -0.05) is 12.1 Å². The van der Waals surface area contributed by atoms with Crippen LogP contribution in [-0.2, 0) is 11.8 Å². The maximum Gasteiger partial charge on any atom is 0.251 e. The molecule has 2 N–H and O–H groups in total. The van der Waals surface area contributed by atoms with Crippen LogP contribution >= 0.6 is 0 Å². The van der Waals surface area contributed by atoms with Gasteiger partial charge in [-0.2, -0.15) is 4.98 Å². The molecular weight excluding hydrogens is 344 g/mol. The first-order valence-corrected chi connectivity index (χ1v) is 9.47. The van der Waals surface area contributed by atoms with Gasteiger partial charge in [-0.05, 0) is 37.8 Å². The number of hydrogen-bond donors (Lipinski definition) is 2. The SMILES string of the molecule is Cn1nc(-c2cccc(C(=O)N[C@@H]3CCNC3=O)c2)nc1N1CCCCC1. The quantitative estimate of drug-likeness (QED) is 0.843. The lowest BCUT2D eigenvalue weighted by Gasteiger charge is -2.26. The summed E-state index contributed by atoms with van der Waals surface area (Å²) in [6.07, 6.45) is 4.22. The second-order valence-electron chi connectivity index (χ2n) is 7.09. The van der Waals surface area contributed by atoms with Crippen molar-refractivity contribution in [3.8, 4) is 11.4 Å². The first-order chi connectivity index (χ1) is 13.1. The molecule has 0 saturated carbocycles. The van der Waals surface area contributed by atoms with Crippen molar-refractivity contribution in [3.63, 3.8) is 0 Å². The predicted molar refractivity (Wildman–Crippen MR) is 101 cm³/mol. The van der Waals surface area contributed by atoms with Crippen LogP contribution in [0.2, 0.25) is 0 Å². The summed E-state index contributed by atoms with van der Waals surface area (Å²) in [6, 6.07) is 6.77. The van der Waals surface area contributed by atoms with Crippen LogP contribution in [0.1, 0.15) is 36.0 Å². The zero-order valence-corrected chi connectivity index (χ0v) is 15.4. The fourth-order valence-electron chi connectivity index (χ4n) is 3.64. The van der Waals surface area contributed by atoms with Crippen LogP contribution in [0.3, 0.4) is 0 Å². The zero-order valence-electron chi connectivity index (χ0n) is 15.4. The monoisotopic (exact) mass is 368 g/mol. The summed E-state index contributed by atoms with van der Waals surface area (Å²) in [7, 11) is 1.90. The van der Waals surface area contributed by atoms with E-state index in [0.717, 1.165) is 24.6 Å². The van der Waals surface area contributed by atoms with Crippen molar-refractivity contribution in [2.24, 2.45) is 7.05 Å². The molecule has 0 unspecified atom stereocenters. The van der Waals surface area contributed by atoms with Gasteiger partial charge in [0.05, 0.1) is 0 Å². The second kappa shape index (κ2) is 7.38. The number of rotatable bonds is 4. The van der Waals surface area contributed by atoms with E-state index in [1.54, 1.807) is 16.8 Å². The van der Waals surface area contributed by atoms with Gasteiger partial charge in [0.15, 0.2) is 5.82 Å². The number of carbonyl (C=O) groups excluding carboxylic acids is 2. The van der Waals surface area contributed by atoms with Crippen molar-refractivity contribution in [1.29, 1.82) is 0 Å². The molecule has 3 heterocycles. The summed E-state index contributed by atoms with van der Waals surface area (Å²) in [5.41, 5.74) is 1.29. The lowest BCUT2D eigenvalue weighted by molar-refractivity contribution is -0.120. The normalized spacial score (nSPS) is 19.8. The minimum Gasteiger partial charge on any atom is -0.354 e. The Hall–Kier alpha value is -2.90. The lowest BCUT2D eigenvalue weighted by atomic mass is 10.1. The van der Waals surface area contributed by atoms with E-state index in [4.69, 9.17) is 4.98 Å². The van der Waals surface area contributed by atoms with Crippen molar-refractivity contribution < 1.29 is 9.59 Å². The first-order valence-electron chi connectivity index (χ1n) is 9.47. The van der Waals surface area contributed by atoms with Gasteiger partial charge in [0.1, 0.15) is 6.04 Å². The average molecular weight is 368 g/mol. The van der Waals surface area contributed by atoms with Crippen LogP contribution in [-0.4, -0.2) is 52.3 Å². The zero-order chi connectivity index (χ0) is 18.8. The van der Waals surface area contributed by atoms with Gasteiger partial charge < -0.3 is 15.5 Å². The van der Waals surface area contributed by atoms with E-state index in [1.807, 2.05) is 19.2 Å².